The van der Waals surface area contributed by atoms with E-state index in [9.17, 15) is 4.79 Å². The van der Waals surface area contributed by atoms with Crippen molar-refractivity contribution in [2.45, 2.75) is 24.9 Å². The maximum atomic E-state index is 10.4. The number of terminal acetylenes is 1. The number of halogens is 1. The summed E-state index contributed by atoms with van der Waals surface area (Å²) in [5, 5.41) is -0.547. The number of hydrogen-bond donors (Lipinski definition) is 2. The van der Waals surface area contributed by atoms with Crippen molar-refractivity contribution in [3.8, 4) is 12.3 Å². The van der Waals surface area contributed by atoms with Crippen molar-refractivity contribution < 1.29 is 4.79 Å². The zero-order valence-electron chi connectivity index (χ0n) is 6.09. The summed E-state index contributed by atoms with van der Waals surface area (Å²) in [6.07, 6.45) is 5.96. The molecule has 0 radical (unpaired) electrons. The SMILES string of the molecule is C#CC(N)CCC(N)C(=O)Cl. The highest BCUT2D eigenvalue weighted by Gasteiger charge is 2.10. The highest BCUT2D eigenvalue weighted by Crippen LogP contribution is 2.00. The molecule has 3 nitrogen and oxygen atoms in total. The van der Waals surface area contributed by atoms with Crippen LogP contribution in [-0.2, 0) is 4.79 Å². The summed E-state index contributed by atoms with van der Waals surface area (Å²) < 4.78 is 0. The van der Waals surface area contributed by atoms with E-state index in [1.54, 1.807) is 0 Å². The Hall–Kier alpha value is -0.560. The first-order valence-electron chi connectivity index (χ1n) is 3.24. The lowest BCUT2D eigenvalue weighted by atomic mass is 10.1. The fraction of sp³-hybridized carbons (Fsp3) is 0.571. The lowest BCUT2D eigenvalue weighted by Crippen LogP contribution is -2.29. The number of rotatable bonds is 4. The second kappa shape index (κ2) is 5.14. The fourth-order valence-electron chi connectivity index (χ4n) is 0.556. The van der Waals surface area contributed by atoms with Crippen molar-refractivity contribution in [2.24, 2.45) is 11.5 Å². The summed E-state index contributed by atoms with van der Waals surface area (Å²) in [6.45, 7) is 0. The molecule has 0 heterocycles. The van der Waals surface area contributed by atoms with E-state index in [0.717, 1.165) is 0 Å². The van der Waals surface area contributed by atoms with E-state index in [-0.39, 0.29) is 6.04 Å². The van der Waals surface area contributed by atoms with Crippen LogP contribution in [0.4, 0.5) is 0 Å². The van der Waals surface area contributed by atoms with Gasteiger partial charge in [-0.15, -0.1) is 6.42 Å². The molecule has 2 atom stereocenters. The first-order valence-corrected chi connectivity index (χ1v) is 3.62. The van der Waals surface area contributed by atoms with Crippen LogP contribution in [0.5, 0.6) is 0 Å². The van der Waals surface area contributed by atoms with Crippen LogP contribution in [0.2, 0.25) is 0 Å². The maximum Gasteiger partial charge on any atom is 0.238 e. The molecule has 0 bridgehead atoms. The van der Waals surface area contributed by atoms with E-state index in [1.165, 1.54) is 0 Å². The maximum absolute atomic E-state index is 10.4. The zero-order valence-corrected chi connectivity index (χ0v) is 6.84. The number of nitrogens with two attached hydrogens (primary N) is 2. The Labute approximate surface area is 71.1 Å². The van der Waals surface area contributed by atoms with E-state index in [2.05, 4.69) is 5.92 Å². The van der Waals surface area contributed by atoms with Gasteiger partial charge in [-0.3, -0.25) is 4.79 Å². The molecule has 62 valence electrons. The van der Waals surface area contributed by atoms with Gasteiger partial charge in [0.1, 0.15) is 0 Å². The van der Waals surface area contributed by atoms with Crippen LogP contribution in [0.1, 0.15) is 12.8 Å². The van der Waals surface area contributed by atoms with Crippen molar-refractivity contribution in [1.82, 2.24) is 0 Å². The second-order valence-electron chi connectivity index (χ2n) is 2.26. The predicted molar refractivity (Wildman–Crippen MR) is 44.9 cm³/mol. The first kappa shape index (κ1) is 10.4. The Balaban J connectivity index is 3.55. The molecule has 0 aliphatic rings. The summed E-state index contributed by atoms with van der Waals surface area (Å²) in [5.41, 5.74) is 10.7. The average molecular weight is 175 g/mol. The molecule has 0 fully saturated rings. The molecular formula is C7H11ClN2O. The van der Waals surface area contributed by atoms with Gasteiger partial charge >= 0.3 is 0 Å². The van der Waals surface area contributed by atoms with Gasteiger partial charge in [0.2, 0.25) is 5.24 Å². The van der Waals surface area contributed by atoms with Crippen LogP contribution in [-0.4, -0.2) is 17.3 Å². The average Bonchev–Trinajstić information content (AvgIpc) is 1.99. The molecule has 0 saturated carbocycles. The van der Waals surface area contributed by atoms with Crippen LogP contribution in [0, 0.1) is 12.3 Å². The number of carbonyl (C=O) groups excluding carboxylic acids is 1. The highest BCUT2D eigenvalue weighted by molar-refractivity contribution is 6.64. The van der Waals surface area contributed by atoms with E-state index >= 15 is 0 Å². The molecule has 0 rings (SSSR count). The molecule has 0 aromatic carbocycles. The van der Waals surface area contributed by atoms with Gasteiger partial charge in [-0.05, 0) is 24.4 Å². The van der Waals surface area contributed by atoms with Gasteiger partial charge in [0.05, 0.1) is 12.1 Å². The van der Waals surface area contributed by atoms with E-state index < -0.39 is 11.3 Å². The Kier molecular flexibility index (Phi) is 4.88. The second-order valence-corrected chi connectivity index (χ2v) is 2.63. The molecule has 2 unspecified atom stereocenters. The van der Waals surface area contributed by atoms with E-state index in [4.69, 9.17) is 29.5 Å². The normalized spacial score (nSPS) is 15.1. The third-order valence-electron chi connectivity index (χ3n) is 1.29. The molecule has 0 aromatic heterocycles. The molecule has 0 saturated heterocycles. The summed E-state index contributed by atoms with van der Waals surface area (Å²) in [7, 11) is 0. The van der Waals surface area contributed by atoms with Gasteiger partial charge < -0.3 is 11.5 Å². The van der Waals surface area contributed by atoms with Crippen molar-refractivity contribution in [3.63, 3.8) is 0 Å². The van der Waals surface area contributed by atoms with Gasteiger partial charge in [0, 0.05) is 0 Å². The molecule has 4 N–H and O–H groups in total. The van der Waals surface area contributed by atoms with Crippen molar-refractivity contribution in [2.75, 3.05) is 0 Å². The van der Waals surface area contributed by atoms with E-state index in [1.807, 2.05) is 0 Å². The smallest absolute Gasteiger partial charge is 0.238 e. The lowest BCUT2D eigenvalue weighted by molar-refractivity contribution is -0.112. The molecule has 0 aromatic rings. The van der Waals surface area contributed by atoms with E-state index in [0.29, 0.717) is 12.8 Å². The number of hydrogen-bond acceptors (Lipinski definition) is 3. The van der Waals surface area contributed by atoms with Gasteiger partial charge in [-0.1, -0.05) is 5.92 Å². The minimum atomic E-state index is -0.643. The standard InChI is InChI=1S/C7H11ClN2O/c1-2-5(9)3-4-6(10)7(8)11/h1,5-6H,3-4,9-10H2. The Morgan fingerprint density at radius 2 is 2.09 bits per heavy atom. The summed E-state index contributed by atoms with van der Waals surface area (Å²) >= 11 is 5.10. The third kappa shape index (κ3) is 4.79. The lowest BCUT2D eigenvalue weighted by Gasteiger charge is -2.07. The van der Waals surface area contributed by atoms with Gasteiger partial charge in [-0.2, -0.15) is 0 Å². The van der Waals surface area contributed by atoms with Crippen LogP contribution in [0.15, 0.2) is 0 Å². The minimum Gasteiger partial charge on any atom is -0.320 e. The van der Waals surface area contributed by atoms with Crippen LogP contribution in [0.3, 0.4) is 0 Å². The van der Waals surface area contributed by atoms with Crippen LogP contribution in [0.25, 0.3) is 0 Å². The van der Waals surface area contributed by atoms with Crippen LogP contribution < -0.4 is 11.5 Å². The largest absolute Gasteiger partial charge is 0.320 e. The van der Waals surface area contributed by atoms with Crippen LogP contribution >= 0.6 is 11.6 Å². The summed E-state index contributed by atoms with van der Waals surface area (Å²) in [6, 6.07) is -0.979. The van der Waals surface area contributed by atoms with Gasteiger partial charge in [0.25, 0.3) is 0 Å². The molecule has 0 spiro atoms. The summed E-state index contributed by atoms with van der Waals surface area (Å²) in [4.78, 5) is 10.4. The van der Waals surface area contributed by atoms with Crippen molar-refractivity contribution in [3.05, 3.63) is 0 Å². The van der Waals surface area contributed by atoms with Crippen molar-refractivity contribution in [1.29, 1.82) is 0 Å². The Morgan fingerprint density at radius 1 is 1.55 bits per heavy atom. The van der Waals surface area contributed by atoms with Gasteiger partial charge in [0.15, 0.2) is 0 Å². The first-order chi connectivity index (χ1) is 5.07. The molecule has 4 heteroatoms. The minimum absolute atomic E-state index is 0.336. The molecule has 0 aliphatic carbocycles. The monoisotopic (exact) mass is 174 g/mol. The molecule has 11 heavy (non-hydrogen) atoms. The summed E-state index contributed by atoms with van der Waals surface area (Å²) in [5.74, 6) is 2.33. The third-order valence-corrected chi connectivity index (χ3v) is 1.57. The molecule has 0 aliphatic heterocycles. The Morgan fingerprint density at radius 3 is 2.45 bits per heavy atom. The fourth-order valence-corrected chi connectivity index (χ4v) is 0.665. The topological polar surface area (TPSA) is 69.1 Å². The Bertz CT molecular complexity index is 176. The quantitative estimate of drug-likeness (QED) is 0.459. The predicted octanol–water partition coefficient (Wildman–Crippen LogP) is -0.180. The highest BCUT2D eigenvalue weighted by atomic mass is 35.5. The zero-order chi connectivity index (χ0) is 8.85. The molecule has 0 amide bonds. The number of carbonyl (C=O) groups is 1. The van der Waals surface area contributed by atoms with Gasteiger partial charge in [-0.25, -0.2) is 0 Å². The van der Waals surface area contributed by atoms with Crippen molar-refractivity contribution >= 4 is 16.8 Å². The molecular weight excluding hydrogens is 164 g/mol.